The molecule has 220 valence electrons. The number of amides is 3. The SMILES string of the molecule is C[C@@H]1CCN(C(Cc2cccc3ccccc23)C(N)=O)C(=O)[C@H](c2cccc(Cl)c2)N1C(=O)Cc1ccc2c(c1)OCO2. The van der Waals surface area contributed by atoms with Crippen molar-refractivity contribution in [1.82, 2.24) is 9.80 Å². The maximum absolute atomic E-state index is 14.6. The maximum atomic E-state index is 14.6. The fourth-order valence-corrected chi connectivity index (χ4v) is 6.34. The highest BCUT2D eigenvalue weighted by molar-refractivity contribution is 6.30. The maximum Gasteiger partial charge on any atom is 0.250 e. The summed E-state index contributed by atoms with van der Waals surface area (Å²) in [4.78, 5) is 44.8. The lowest BCUT2D eigenvalue weighted by molar-refractivity contribution is -0.148. The number of hydrogen-bond donors (Lipinski definition) is 1. The standard InChI is InChI=1S/C34H32ClN3O5/c1-21-14-15-37(28(33(36)40)19-24-8-4-7-23-6-2-3-11-27(23)24)34(41)32(25-9-5-10-26(35)18-25)38(21)31(39)17-22-12-13-29-30(16-22)43-20-42-29/h2-13,16,18,21,28,32H,14-15,17,19-20H2,1H3,(H2,36,40)/t21-,28?,32+/m1/s1. The molecule has 6 rings (SSSR count). The number of primary amides is 1. The van der Waals surface area contributed by atoms with E-state index in [1.54, 1.807) is 46.2 Å². The predicted octanol–water partition coefficient (Wildman–Crippen LogP) is 5.05. The molecular formula is C34H32ClN3O5. The van der Waals surface area contributed by atoms with Crippen molar-refractivity contribution in [3.05, 3.63) is 107 Å². The van der Waals surface area contributed by atoms with Crippen LogP contribution in [-0.4, -0.2) is 52.9 Å². The van der Waals surface area contributed by atoms with Crippen LogP contribution in [0.4, 0.5) is 0 Å². The molecule has 0 spiro atoms. The van der Waals surface area contributed by atoms with Gasteiger partial charge in [-0.25, -0.2) is 0 Å². The van der Waals surface area contributed by atoms with Gasteiger partial charge in [0, 0.05) is 24.0 Å². The zero-order valence-corrected chi connectivity index (χ0v) is 24.5. The molecule has 0 saturated carbocycles. The first kappa shape index (κ1) is 28.6. The number of nitrogens with two attached hydrogens (primary N) is 1. The van der Waals surface area contributed by atoms with Crippen LogP contribution >= 0.6 is 11.6 Å². The second-order valence-corrected chi connectivity index (χ2v) is 11.5. The molecule has 0 radical (unpaired) electrons. The van der Waals surface area contributed by atoms with E-state index in [0.717, 1.165) is 21.9 Å². The van der Waals surface area contributed by atoms with Gasteiger partial charge in [0.05, 0.1) is 6.42 Å². The summed E-state index contributed by atoms with van der Waals surface area (Å²) < 4.78 is 10.9. The summed E-state index contributed by atoms with van der Waals surface area (Å²) in [5, 5.41) is 2.48. The van der Waals surface area contributed by atoms with Gasteiger partial charge in [-0.1, -0.05) is 72.3 Å². The van der Waals surface area contributed by atoms with E-state index in [1.807, 2.05) is 55.5 Å². The molecular weight excluding hydrogens is 566 g/mol. The van der Waals surface area contributed by atoms with Crippen molar-refractivity contribution >= 4 is 40.1 Å². The molecule has 2 heterocycles. The Morgan fingerprint density at radius 3 is 2.56 bits per heavy atom. The molecule has 3 atom stereocenters. The monoisotopic (exact) mass is 597 g/mol. The average molecular weight is 598 g/mol. The van der Waals surface area contributed by atoms with Crippen molar-refractivity contribution in [3.63, 3.8) is 0 Å². The number of fused-ring (bicyclic) bond motifs is 2. The van der Waals surface area contributed by atoms with E-state index < -0.39 is 18.0 Å². The number of halogens is 1. The molecule has 1 saturated heterocycles. The van der Waals surface area contributed by atoms with Gasteiger partial charge in [-0.2, -0.15) is 0 Å². The second-order valence-electron chi connectivity index (χ2n) is 11.1. The van der Waals surface area contributed by atoms with Crippen LogP contribution in [0, 0.1) is 0 Å². The average Bonchev–Trinajstić information content (AvgIpc) is 3.42. The summed E-state index contributed by atoms with van der Waals surface area (Å²) in [7, 11) is 0. The zero-order chi connectivity index (χ0) is 30.1. The summed E-state index contributed by atoms with van der Waals surface area (Å²) in [6.07, 6.45) is 0.778. The lowest BCUT2D eigenvalue weighted by Gasteiger charge is -2.36. The molecule has 43 heavy (non-hydrogen) atoms. The molecule has 1 unspecified atom stereocenters. The van der Waals surface area contributed by atoms with Gasteiger partial charge in [-0.3, -0.25) is 14.4 Å². The van der Waals surface area contributed by atoms with Crippen LogP contribution < -0.4 is 15.2 Å². The van der Waals surface area contributed by atoms with Crippen LogP contribution in [0.3, 0.4) is 0 Å². The van der Waals surface area contributed by atoms with Crippen molar-refractivity contribution in [2.24, 2.45) is 5.73 Å². The molecule has 4 aromatic rings. The first-order chi connectivity index (χ1) is 20.8. The fourth-order valence-electron chi connectivity index (χ4n) is 6.14. The van der Waals surface area contributed by atoms with Crippen LogP contribution in [0.5, 0.6) is 11.5 Å². The summed E-state index contributed by atoms with van der Waals surface area (Å²) in [6.45, 7) is 2.33. The van der Waals surface area contributed by atoms with Crippen LogP contribution in [0.2, 0.25) is 5.02 Å². The third-order valence-corrected chi connectivity index (χ3v) is 8.54. The topological polar surface area (TPSA) is 102 Å². The third kappa shape index (κ3) is 5.75. The van der Waals surface area contributed by atoms with Crippen LogP contribution in [0.25, 0.3) is 10.8 Å². The third-order valence-electron chi connectivity index (χ3n) is 8.30. The molecule has 3 amide bonds. The number of ether oxygens (including phenoxy) is 2. The molecule has 2 N–H and O–H groups in total. The summed E-state index contributed by atoms with van der Waals surface area (Å²) in [5.74, 6) is 0.0241. The van der Waals surface area contributed by atoms with E-state index >= 15 is 0 Å². The molecule has 4 aromatic carbocycles. The predicted molar refractivity (Wildman–Crippen MR) is 164 cm³/mol. The summed E-state index contributed by atoms with van der Waals surface area (Å²) in [6, 6.07) is 24.0. The number of carbonyl (C=O) groups excluding carboxylic acids is 3. The van der Waals surface area contributed by atoms with E-state index in [9.17, 15) is 14.4 Å². The Morgan fingerprint density at radius 2 is 1.74 bits per heavy atom. The van der Waals surface area contributed by atoms with Gasteiger partial charge >= 0.3 is 0 Å². The first-order valence-electron chi connectivity index (χ1n) is 14.3. The molecule has 0 aliphatic carbocycles. The minimum Gasteiger partial charge on any atom is -0.454 e. The Morgan fingerprint density at radius 1 is 0.977 bits per heavy atom. The Bertz CT molecular complexity index is 1700. The summed E-state index contributed by atoms with van der Waals surface area (Å²) in [5.41, 5.74) is 8.23. The molecule has 2 aliphatic heterocycles. The first-order valence-corrected chi connectivity index (χ1v) is 14.7. The quantitative estimate of drug-likeness (QED) is 0.321. The summed E-state index contributed by atoms with van der Waals surface area (Å²) >= 11 is 6.38. The van der Waals surface area contributed by atoms with Crippen molar-refractivity contribution in [2.75, 3.05) is 13.3 Å². The van der Waals surface area contributed by atoms with Gasteiger partial charge in [0.2, 0.25) is 18.6 Å². The van der Waals surface area contributed by atoms with Gasteiger partial charge < -0.3 is 25.0 Å². The largest absolute Gasteiger partial charge is 0.454 e. The minimum absolute atomic E-state index is 0.0561. The molecule has 1 fully saturated rings. The van der Waals surface area contributed by atoms with E-state index in [1.165, 1.54) is 0 Å². The highest BCUT2D eigenvalue weighted by Crippen LogP contribution is 2.35. The zero-order valence-electron chi connectivity index (χ0n) is 23.7. The molecule has 9 heteroatoms. The lowest BCUT2D eigenvalue weighted by Crippen LogP contribution is -2.52. The highest BCUT2D eigenvalue weighted by Gasteiger charge is 2.43. The Balaban J connectivity index is 1.36. The van der Waals surface area contributed by atoms with Gasteiger partial charge in [-0.05, 0) is 65.1 Å². The number of hydrogen-bond acceptors (Lipinski definition) is 5. The number of carbonyl (C=O) groups is 3. The second kappa shape index (κ2) is 12.0. The highest BCUT2D eigenvalue weighted by atomic mass is 35.5. The van der Waals surface area contributed by atoms with Gasteiger partial charge in [0.1, 0.15) is 12.1 Å². The Kier molecular flexibility index (Phi) is 7.95. The van der Waals surface area contributed by atoms with E-state index in [0.29, 0.717) is 28.5 Å². The lowest BCUT2D eigenvalue weighted by atomic mass is 9.96. The number of nitrogens with zero attached hydrogens (tertiary/aromatic N) is 2. The van der Waals surface area contributed by atoms with Gasteiger partial charge in [0.15, 0.2) is 11.5 Å². The molecule has 8 nitrogen and oxygen atoms in total. The molecule has 0 aromatic heterocycles. The van der Waals surface area contributed by atoms with Crippen LogP contribution in [0.15, 0.2) is 84.9 Å². The normalized spacial score (nSPS) is 18.9. The van der Waals surface area contributed by atoms with Crippen LogP contribution in [0.1, 0.15) is 36.1 Å². The smallest absolute Gasteiger partial charge is 0.250 e. The van der Waals surface area contributed by atoms with E-state index in [-0.39, 0.29) is 44.0 Å². The van der Waals surface area contributed by atoms with Crippen molar-refractivity contribution in [1.29, 1.82) is 0 Å². The molecule has 0 bridgehead atoms. The van der Waals surface area contributed by atoms with E-state index in [2.05, 4.69) is 0 Å². The fraction of sp³-hybridized carbons (Fsp3) is 0.265. The van der Waals surface area contributed by atoms with Crippen LogP contribution in [-0.2, 0) is 27.2 Å². The van der Waals surface area contributed by atoms with Gasteiger partial charge in [-0.15, -0.1) is 0 Å². The van der Waals surface area contributed by atoms with Crippen molar-refractivity contribution in [3.8, 4) is 11.5 Å². The van der Waals surface area contributed by atoms with E-state index in [4.69, 9.17) is 26.8 Å². The van der Waals surface area contributed by atoms with Crippen molar-refractivity contribution < 1.29 is 23.9 Å². The molecule has 2 aliphatic rings. The number of benzene rings is 4. The van der Waals surface area contributed by atoms with Crippen molar-refractivity contribution in [2.45, 2.75) is 44.3 Å². The minimum atomic E-state index is -0.993. The Hall–Kier alpha value is -4.56. The number of rotatable bonds is 7. The Labute approximate surface area is 254 Å². The van der Waals surface area contributed by atoms with Gasteiger partial charge in [0.25, 0.3) is 5.91 Å².